The number of benzene rings is 1. The standard InChI is InChI=1S/C16H16ClN3/c17-16-18-11-14(12-7-3-1-4-8-12)19-15(20-16)13-9-5-2-6-10-13/h1-7,9-10,12,15H,8,11H2,(H,18,20). The molecule has 3 nitrogen and oxygen atoms in total. The zero-order chi connectivity index (χ0) is 13.8. The third kappa shape index (κ3) is 2.99. The Morgan fingerprint density at radius 1 is 1.15 bits per heavy atom. The van der Waals surface area contributed by atoms with E-state index < -0.39 is 0 Å². The van der Waals surface area contributed by atoms with Crippen LogP contribution in [0.15, 0.2) is 64.6 Å². The summed E-state index contributed by atoms with van der Waals surface area (Å²) in [5.74, 6) is 0.319. The lowest BCUT2D eigenvalue weighted by Gasteiger charge is -2.17. The molecule has 1 aromatic carbocycles. The third-order valence-corrected chi connectivity index (χ3v) is 3.68. The number of halogens is 1. The topological polar surface area (TPSA) is 36.8 Å². The number of nitrogens with zero attached hydrogens (tertiary/aromatic N) is 2. The summed E-state index contributed by atoms with van der Waals surface area (Å²) in [4.78, 5) is 9.18. The summed E-state index contributed by atoms with van der Waals surface area (Å²) < 4.78 is 0. The monoisotopic (exact) mass is 285 g/mol. The van der Waals surface area contributed by atoms with Crippen molar-refractivity contribution in [2.24, 2.45) is 15.9 Å². The smallest absolute Gasteiger partial charge is 0.193 e. The van der Waals surface area contributed by atoms with E-state index in [-0.39, 0.29) is 6.17 Å². The van der Waals surface area contributed by atoms with Crippen molar-refractivity contribution in [3.63, 3.8) is 0 Å². The van der Waals surface area contributed by atoms with E-state index in [0.717, 1.165) is 17.7 Å². The van der Waals surface area contributed by atoms with Crippen molar-refractivity contribution in [3.8, 4) is 0 Å². The first-order chi connectivity index (χ1) is 9.83. The molecule has 0 bridgehead atoms. The van der Waals surface area contributed by atoms with Gasteiger partial charge in [0.2, 0.25) is 0 Å². The molecule has 0 amide bonds. The Morgan fingerprint density at radius 3 is 2.75 bits per heavy atom. The maximum absolute atomic E-state index is 6.10. The summed E-state index contributed by atoms with van der Waals surface area (Å²) in [6.45, 7) is 0.554. The zero-order valence-electron chi connectivity index (χ0n) is 11.0. The molecule has 0 radical (unpaired) electrons. The molecule has 2 unspecified atom stereocenters. The van der Waals surface area contributed by atoms with Crippen molar-refractivity contribution < 1.29 is 0 Å². The quantitative estimate of drug-likeness (QED) is 0.830. The Kier molecular flexibility index (Phi) is 3.97. The molecule has 0 saturated heterocycles. The van der Waals surface area contributed by atoms with Gasteiger partial charge in [-0.2, -0.15) is 0 Å². The average molecular weight is 286 g/mol. The maximum atomic E-state index is 6.10. The van der Waals surface area contributed by atoms with Gasteiger partial charge in [-0.3, -0.25) is 9.98 Å². The van der Waals surface area contributed by atoms with Gasteiger partial charge in [0.25, 0.3) is 0 Å². The van der Waals surface area contributed by atoms with Gasteiger partial charge in [0.15, 0.2) is 5.29 Å². The highest BCUT2D eigenvalue weighted by Crippen LogP contribution is 2.21. The second kappa shape index (κ2) is 6.06. The predicted molar refractivity (Wildman–Crippen MR) is 84.3 cm³/mol. The van der Waals surface area contributed by atoms with Crippen LogP contribution in [-0.2, 0) is 0 Å². The molecule has 2 aliphatic rings. The number of hydrogen-bond donors (Lipinski definition) is 1. The summed E-state index contributed by atoms with van der Waals surface area (Å²) in [6, 6.07) is 10.1. The Hall–Kier alpha value is -1.87. The Morgan fingerprint density at radius 2 is 2.00 bits per heavy atom. The summed E-state index contributed by atoms with van der Waals surface area (Å²) in [5.41, 5.74) is 2.16. The molecule has 0 fully saturated rings. The third-order valence-electron chi connectivity index (χ3n) is 3.45. The molecule has 1 aliphatic carbocycles. The van der Waals surface area contributed by atoms with E-state index in [9.17, 15) is 0 Å². The van der Waals surface area contributed by atoms with Crippen LogP contribution in [0.5, 0.6) is 0 Å². The van der Waals surface area contributed by atoms with Crippen molar-refractivity contribution >= 4 is 22.6 Å². The van der Waals surface area contributed by atoms with Gasteiger partial charge in [-0.25, -0.2) is 0 Å². The average Bonchev–Trinajstić information content (AvgIpc) is 2.71. The van der Waals surface area contributed by atoms with Crippen LogP contribution in [0.2, 0.25) is 0 Å². The van der Waals surface area contributed by atoms with E-state index in [1.54, 1.807) is 0 Å². The van der Waals surface area contributed by atoms with E-state index in [1.165, 1.54) is 0 Å². The van der Waals surface area contributed by atoms with Crippen LogP contribution in [0.4, 0.5) is 0 Å². The first-order valence-electron chi connectivity index (χ1n) is 6.74. The molecule has 3 rings (SSSR count). The van der Waals surface area contributed by atoms with Crippen LogP contribution in [0, 0.1) is 5.92 Å². The van der Waals surface area contributed by atoms with Crippen LogP contribution < -0.4 is 5.32 Å². The lowest BCUT2D eigenvalue weighted by molar-refractivity contribution is 0.684. The molecule has 2 atom stereocenters. The highest BCUT2D eigenvalue weighted by molar-refractivity contribution is 6.64. The number of nitrogens with one attached hydrogen (secondary N) is 1. The molecule has 0 spiro atoms. The minimum absolute atomic E-state index is 0.163. The first kappa shape index (κ1) is 13.1. The number of allylic oxidation sites excluding steroid dienone is 4. The van der Waals surface area contributed by atoms with Gasteiger partial charge in [0.05, 0.1) is 6.54 Å². The van der Waals surface area contributed by atoms with E-state index in [2.05, 4.69) is 34.6 Å². The SMILES string of the molecule is ClC1=NCC(C2C=CC=CC2)=NC(c2ccccc2)N1. The Balaban J connectivity index is 1.90. The van der Waals surface area contributed by atoms with E-state index >= 15 is 0 Å². The van der Waals surface area contributed by atoms with Crippen molar-refractivity contribution in [2.45, 2.75) is 12.6 Å². The van der Waals surface area contributed by atoms with Crippen molar-refractivity contribution in [1.29, 1.82) is 0 Å². The molecule has 1 heterocycles. The van der Waals surface area contributed by atoms with E-state index in [1.807, 2.05) is 30.3 Å². The summed E-state index contributed by atoms with van der Waals surface area (Å²) in [6.07, 6.45) is 9.28. The minimum Gasteiger partial charge on any atom is -0.335 e. The van der Waals surface area contributed by atoms with Gasteiger partial charge < -0.3 is 5.32 Å². The highest BCUT2D eigenvalue weighted by atomic mass is 35.5. The first-order valence-corrected chi connectivity index (χ1v) is 7.12. The van der Waals surface area contributed by atoms with E-state index in [4.69, 9.17) is 16.6 Å². The minimum atomic E-state index is -0.163. The van der Waals surface area contributed by atoms with Crippen LogP contribution in [-0.4, -0.2) is 17.6 Å². The fraction of sp³-hybridized carbons (Fsp3) is 0.250. The zero-order valence-corrected chi connectivity index (χ0v) is 11.8. The van der Waals surface area contributed by atoms with Gasteiger partial charge in [-0.05, 0) is 23.6 Å². The van der Waals surface area contributed by atoms with Gasteiger partial charge in [0.1, 0.15) is 6.17 Å². The molecular formula is C16H16ClN3. The largest absolute Gasteiger partial charge is 0.335 e. The molecule has 20 heavy (non-hydrogen) atoms. The highest BCUT2D eigenvalue weighted by Gasteiger charge is 2.20. The molecule has 0 saturated carbocycles. The Labute approximate surface area is 123 Å². The fourth-order valence-electron chi connectivity index (χ4n) is 2.38. The lowest BCUT2D eigenvalue weighted by Crippen LogP contribution is -2.23. The van der Waals surface area contributed by atoms with Crippen LogP contribution >= 0.6 is 11.6 Å². The number of rotatable bonds is 2. The number of amidine groups is 1. The molecular weight excluding hydrogens is 270 g/mol. The van der Waals surface area contributed by atoms with Crippen molar-refractivity contribution in [1.82, 2.24) is 5.32 Å². The van der Waals surface area contributed by atoms with E-state index in [0.29, 0.717) is 17.8 Å². The maximum Gasteiger partial charge on any atom is 0.193 e. The molecule has 1 N–H and O–H groups in total. The molecule has 0 aromatic heterocycles. The predicted octanol–water partition coefficient (Wildman–Crippen LogP) is 3.46. The fourth-order valence-corrected chi connectivity index (χ4v) is 2.54. The van der Waals surface area contributed by atoms with Crippen LogP contribution in [0.3, 0.4) is 0 Å². The number of aliphatic imine (C=N–C) groups is 2. The van der Waals surface area contributed by atoms with Gasteiger partial charge in [0, 0.05) is 11.6 Å². The summed E-state index contributed by atoms with van der Waals surface area (Å²) in [5, 5.41) is 3.57. The van der Waals surface area contributed by atoms with Crippen LogP contribution in [0.25, 0.3) is 0 Å². The Bertz CT molecular complexity index is 587. The van der Waals surface area contributed by atoms with Gasteiger partial charge in [-0.15, -0.1) is 0 Å². The summed E-state index contributed by atoms with van der Waals surface area (Å²) >= 11 is 6.10. The molecule has 4 heteroatoms. The normalized spacial score (nSPS) is 25.4. The second-order valence-electron chi connectivity index (χ2n) is 4.84. The molecule has 102 valence electrons. The molecule has 1 aromatic rings. The summed E-state index contributed by atoms with van der Waals surface area (Å²) in [7, 11) is 0. The second-order valence-corrected chi connectivity index (χ2v) is 5.20. The number of hydrogen-bond acceptors (Lipinski definition) is 3. The molecule has 1 aliphatic heterocycles. The van der Waals surface area contributed by atoms with Crippen LogP contribution in [0.1, 0.15) is 18.2 Å². The lowest BCUT2D eigenvalue weighted by atomic mass is 9.95. The van der Waals surface area contributed by atoms with Crippen molar-refractivity contribution in [2.75, 3.05) is 6.54 Å². The van der Waals surface area contributed by atoms with Gasteiger partial charge in [-0.1, -0.05) is 54.6 Å². The van der Waals surface area contributed by atoms with Gasteiger partial charge >= 0.3 is 0 Å². The van der Waals surface area contributed by atoms with Crippen molar-refractivity contribution in [3.05, 3.63) is 60.2 Å².